The van der Waals surface area contributed by atoms with Crippen LogP contribution in [-0.4, -0.2) is 23.2 Å². The van der Waals surface area contributed by atoms with E-state index in [1.165, 1.54) is 6.26 Å². The van der Waals surface area contributed by atoms with E-state index in [1.807, 2.05) is 37.3 Å². The van der Waals surface area contributed by atoms with Crippen LogP contribution in [0.25, 0.3) is 0 Å². The van der Waals surface area contributed by atoms with E-state index in [1.54, 1.807) is 6.07 Å². The molecule has 22 heavy (non-hydrogen) atoms. The molecule has 2 N–H and O–H groups in total. The predicted octanol–water partition coefficient (Wildman–Crippen LogP) is 2.51. The molecule has 0 aliphatic rings. The minimum absolute atomic E-state index is 0.0641. The van der Waals surface area contributed by atoms with Crippen LogP contribution in [0.1, 0.15) is 16.9 Å². The summed E-state index contributed by atoms with van der Waals surface area (Å²) in [4.78, 5) is 23.0. The lowest BCUT2D eigenvalue weighted by atomic mass is 10.1. The first kappa shape index (κ1) is 15.6. The number of benzene rings is 1. The van der Waals surface area contributed by atoms with Gasteiger partial charge in [-0.2, -0.15) is 0 Å². The monoisotopic (exact) mass is 303 g/mol. The Bertz CT molecular complexity index is 635. The molecule has 0 fully saturated rings. The number of amides is 1. The van der Waals surface area contributed by atoms with Gasteiger partial charge in [0.25, 0.3) is 0 Å². The number of aliphatic carboxylic acids is 1. The number of ether oxygens (including phenoxy) is 1. The first-order valence-corrected chi connectivity index (χ1v) is 6.79. The summed E-state index contributed by atoms with van der Waals surface area (Å²) >= 11 is 0. The summed E-state index contributed by atoms with van der Waals surface area (Å²) in [6.45, 7) is 1.89. The highest BCUT2D eigenvalue weighted by atomic mass is 16.5. The molecule has 0 bridgehead atoms. The molecule has 0 saturated carbocycles. The van der Waals surface area contributed by atoms with E-state index in [-0.39, 0.29) is 13.0 Å². The number of carbonyl (C=O) groups excluding carboxylic acids is 1. The zero-order chi connectivity index (χ0) is 15.9. The number of furan rings is 1. The Labute approximate surface area is 127 Å². The molecule has 116 valence electrons. The molecule has 0 spiro atoms. The lowest BCUT2D eigenvalue weighted by molar-refractivity contribution is -0.139. The Morgan fingerprint density at radius 3 is 2.59 bits per heavy atom. The van der Waals surface area contributed by atoms with Gasteiger partial charge in [-0.3, -0.25) is 0 Å². The second-order valence-electron chi connectivity index (χ2n) is 4.83. The number of nitrogens with one attached hydrogen (secondary N) is 1. The highest BCUT2D eigenvalue weighted by molar-refractivity contribution is 5.80. The van der Waals surface area contributed by atoms with Gasteiger partial charge in [-0.05, 0) is 24.1 Å². The standard InChI is InChI=1S/C16H17NO5/c1-11-7-8-21-14(11)9-13(15(18)19)17-16(20)22-10-12-5-3-2-4-6-12/h2-8,13H,9-10H2,1H3,(H,17,20)(H,18,19). The van der Waals surface area contributed by atoms with Crippen molar-refractivity contribution in [2.75, 3.05) is 0 Å². The third-order valence-corrected chi connectivity index (χ3v) is 3.16. The van der Waals surface area contributed by atoms with Crippen molar-refractivity contribution in [2.24, 2.45) is 0 Å². The molecular weight excluding hydrogens is 286 g/mol. The average Bonchev–Trinajstić information content (AvgIpc) is 2.91. The molecule has 0 radical (unpaired) electrons. The zero-order valence-corrected chi connectivity index (χ0v) is 12.1. The van der Waals surface area contributed by atoms with Crippen LogP contribution in [0.15, 0.2) is 47.1 Å². The number of carboxylic acids is 1. The third kappa shape index (κ3) is 4.37. The minimum Gasteiger partial charge on any atom is -0.480 e. The van der Waals surface area contributed by atoms with E-state index in [9.17, 15) is 14.7 Å². The molecule has 6 nitrogen and oxygen atoms in total. The van der Waals surface area contributed by atoms with Crippen molar-refractivity contribution in [3.63, 3.8) is 0 Å². The van der Waals surface area contributed by atoms with E-state index in [4.69, 9.17) is 9.15 Å². The maximum absolute atomic E-state index is 11.7. The van der Waals surface area contributed by atoms with Gasteiger partial charge in [-0.15, -0.1) is 0 Å². The van der Waals surface area contributed by atoms with Crippen LogP contribution in [-0.2, 0) is 22.6 Å². The summed E-state index contributed by atoms with van der Waals surface area (Å²) in [7, 11) is 0. The summed E-state index contributed by atoms with van der Waals surface area (Å²) in [5, 5.41) is 11.5. The summed E-state index contributed by atoms with van der Waals surface area (Å²) in [5.74, 6) is -0.622. The number of hydrogen-bond donors (Lipinski definition) is 2. The molecule has 2 aromatic rings. The van der Waals surface area contributed by atoms with E-state index < -0.39 is 18.1 Å². The maximum Gasteiger partial charge on any atom is 0.408 e. The molecule has 1 atom stereocenters. The fraction of sp³-hybridized carbons (Fsp3) is 0.250. The molecule has 0 saturated heterocycles. The van der Waals surface area contributed by atoms with E-state index >= 15 is 0 Å². The predicted molar refractivity (Wildman–Crippen MR) is 78.3 cm³/mol. The number of alkyl carbamates (subject to hydrolysis) is 1. The maximum atomic E-state index is 11.7. The van der Waals surface area contributed by atoms with Gasteiger partial charge in [0.05, 0.1) is 6.26 Å². The molecule has 0 aliphatic heterocycles. The number of rotatable bonds is 6. The van der Waals surface area contributed by atoms with Crippen LogP contribution >= 0.6 is 0 Å². The van der Waals surface area contributed by atoms with Crippen LogP contribution in [0.3, 0.4) is 0 Å². The van der Waals surface area contributed by atoms with Gasteiger partial charge in [-0.25, -0.2) is 9.59 Å². The Kier molecular flexibility index (Phi) is 5.19. The number of carbonyl (C=O) groups is 2. The summed E-state index contributed by atoms with van der Waals surface area (Å²) in [6, 6.07) is 9.78. The van der Waals surface area contributed by atoms with Crippen molar-refractivity contribution in [1.82, 2.24) is 5.32 Å². The fourth-order valence-electron chi connectivity index (χ4n) is 1.91. The first-order chi connectivity index (χ1) is 10.6. The molecule has 1 heterocycles. The van der Waals surface area contributed by atoms with Crippen LogP contribution in [0.2, 0.25) is 0 Å². The highest BCUT2D eigenvalue weighted by Gasteiger charge is 2.23. The van der Waals surface area contributed by atoms with Crippen molar-refractivity contribution in [3.8, 4) is 0 Å². The highest BCUT2D eigenvalue weighted by Crippen LogP contribution is 2.11. The van der Waals surface area contributed by atoms with Crippen LogP contribution in [0.5, 0.6) is 0 Å². The molecule has 1 unspecified atom stereocenters. The second kappa shape index (κ2) is 7.31. The van der Waals surface area contributed by atoms with Crippen LogP contribution in [0, 0.1) is 6.92 Å². The molecule has 6 heteroatoms. The van der Waals surface area contributed by atoms with E-state index in [0.29, 0.717) is 5.76 Å². The second-order valence-corrected chi connectivity index (χ2v) is 4.83. The van der Waals surface area contributed by atoms with Crippen molar-refractivity contribution >= 4 is 12.1 Å². The molecule has 0 aliphatic carbocycles. The summed E-state index contributed by atoms with van der Waals surface area (Å²) in [6.07, 6.45) is 0.770. The van der Waals surface area contributed by atoms with Gasteiger partial charge in [0.2, 0.25) is 0 Å². The summed E-state index contributed by atoms with van der Waals surface area (Å²) in [5.41, 5.74) is 1.66. The van der Waals surface area contributed by atoms with Crippen LogP contribution < -0.4 is 5.32 Å². The molecule has 2 rings (SSSR count). The van der Waals surface area contributed by atoms with Crippen molar-refractivity contribution in [2.45, 2.75) is 26.0 Å². The summed E-state index contributed by atoms with van der Waals surface area (Å²) < 4.78 is 10.2. The number of hydrogen-bond acceptors (Lipinski definition) is 4. The normalized spacial score (nSPS) is 11.7. The fourth-order valence-corrected chi connectivity index (χ4v) is 1.91. The molecular formula is C16H17NO5. The molecule has 1 aromatic carbocycles. The van der Waals surface area contributed by atoms with Gasteiger partial charge in [-0.1, -0.05) is 30.3 Å². The Hall–Kier alpha value is -2.76. The number of aryl methyl sites for hydroxylation is 1. The van der Waals surface area contributed by atoms with Crippen molar-refractivity contribution < 1.29 is 23.8 Å². The largest absolute Gasteiger partial charge is 0.480 e. The van der Waals surface area contributed by atoms with Gasteiger partial charge >= 0.3 is 12.1 Å². The van der Waals surface area contributed by atoms with Crippen molar-refractivity contribution in [3.05, 3.63) is 59.5 Å². The van der Waals surface area contributed by atoms with Crippen molar-refractivity contribution in [1.29, 1.82) is 0 Å². The van der Waals surface area contributed by atoms with Crippen LogP contribution in [0.4, 0.5) is 4.79 Å². The number of carboxylic acid groups (broad SMARTS) is 1. The topological polar surface area (TPSA) is 88.8 Å². The lowest BCUT2D eigenvalue weighted by Gasteiger charge is -2.14. The smallest absolute Gasteiger partial charge is 0.408 e. The zero-order valence-electron chi connectivity index (χ0n) is 12.1. The lowest BCUT2D eigenvalue weighted by Crippen LogP contribution is -2.42. The third-order valence-electron chi connectivity index (χ3n) is 3.16. The first-order valence-electron chi connectivity index (χ1n) is 6.79. The van der Waals surface area contributed by atoms with Gasteiger partial charge in [0.1, 0.15) is 18.4 Å². The quantitative estimate of drug-likeness (QED) is 0.856. The minimum atomic E-state index is -1.15. The van der Waals surface area contributed by atoms with E-state index in [2.05, 4.69) is 5.32 Å². The van der Waals surface area contributed by atoms with Gasteiger partial charge in [0, 0.05) is 6.42 Å². The average molecular weight is 303 g/mol. The SMILES string of the molecule is Cc1ccoc1CC(NC(=O)OCc1ccccc1)C(=O)O. The Morgan fingerprint density at radius 1 is 1.27 bits per heavy atom. The van der Waals surface area contributed by atoms with E-state index in [0.717, 1.165) is 11.1 Å². The Balaban J connectivity index is 1.89. The molecule has 1 aromatic heterocycles. The van der Waals surface area contributed by atoms with Gasteiger partial charge < -0.3 is 19.6 Å². The molecule has 1 amide bonds. The van der Waals surface area contributed by atoms with Gasteiger partial charge in [0.15, 0.2) is 0 Å². The Morgan fingerprint density at radius 2 is 2.00 bits per heavy atom.